The fraction of sp³-hybridized carbons (Fsp3) is 0.923. The molecule has 0 aliphatic carbocycles. The summed E-state index contributed by atoms with van der Waals surface area (Å²) in [5.41, 5.74) is 0. The van der Waals surface area contributed by atoms with Gasteiger partial charge < -0.3 is 20.3 Å². The Hall–Kier alpha value is -0.650. The van der Waals surface area contributed by atoms with Crippen molar-refractivity contribution in [3.8, 4) is 0 Å². The SMILES string of the molecule is CO[C@H]1CN(C)C[C@@H]1NC(=O)CC1CCNCC1. The molecule has 18 heavy (non-hydrogen) atoms. The van der Waals surface area contributed by atoms with E-state index in [1.807, 2.05) is 0 Å². The second-order valence-corrected chi connectivity index (χ2v) is 5.57. The molecule has 0 aromatic carbocycles. The van der Waals surface area contributed by atoms with Gasteiger partial charge in [0.1, 0.15) is 0 Å². The van der Waals surface area contributed by atoms with Crippen LogP contribution in [0.1, 0.15) is 19.3 Å². The Bertz CT molecular complexity index is 279. The van der Waals surface area contributed by atoms with Gasteiger partial charge in [0.2, 0.25) is 5.91 Å². The third kappa shape index (κ3) is 3.67. The van der Waals surface area contributed by atoms with Gasteiger partial charge in [-0.05, 0) is 38.9 Å². The third-order valence-electron chi connectivity index (χ3n) is 4.03. The average molecular weight is 255 g/mol. The first-order valence-electron chi connectivity index (χ1n) is 6.90. The molecule has 0 spiro atoms. The number of likely N-dealkylation sites (tertiary alicyclic amines) is 1. The lowest BCUT2D eigenvalue weighted by Gasteiger charge is -2.24. The number of carbonyl (C=O) groups excluding carboxylic acids is 1. The van der Waals surface area contributed by atoms with Crippen molar-refractivity contribution in [2.75, 3.05) is 40.3 Å². The first-order valence-corrected chi connectivity index (χ1v) is 6.90. The van der Waals surface area contributed by atoms with E-state index in [-0.39, 0.29) is 18.1 Å². The van der Waals surface area contributed by atoms with Crippen LogP contribution in [0.15, 0.2) is 0 Å². The maximum atomic E-state index is 12.0. The highest BCUT2D eigenvalue weighted by molar-refractivity contribution is 5.76. The summed E-state index contributed by atoms with van der Waals surface area (Å²) in [4.78, 5) is 14.2. The summed E-state index contributed by atoms with van der Waals surface area (Å²) in [7, 11) is 3.78. The van der Waals surface area contributed by atoms with Crippen molar-refractivity contribution in [3.05, 3.63) is 0 Å². The molecule has 5 nitrogen and oxygen atoms in total. The third-order valence-corrected chi connectivity index (χ3v) is 4.03. The van der Waals surface area contributed by atoms with Gasteiger partial charge in [-0.25, -0.2) is 0 Å². The fourth-order valence-corrected chi connectivity index (χ4v) is 2.95. The monoisotopic (exact) mass is 255 g/mol. The van der Waals surface area contributed by atoms with Gasteiger partial charge in [0, 0.05) is 26.6 Å². The maximum absolute atomic E-state index is 12.0. The molecule has 0 aromatic heterocycles. The van der Waals surface area contributed by atoms with Crippen LogP contribution in [0.4, 0.5) is 0 Å². The van der Waals surface area contributed by atoms with Crippen molar-refractivity contribution in [2.24, 2.45) is 5.92 Å². The molecule has 0 radical (unpaired) electrons. The molecule has 2 fully saturated rings. The van der Waals surface area contributed by atoms with Gasteiger partial charge in [0.15, 0.2) is 0 Å². The van der Waals surface area contributed by atoms with Gasteiger partial charge >= 0.3 is 0 Å². The van der Waals surface area contributed by atoms with E-state index in [1.165, 1.54) is 0 Å². The van der Waals surface area contributed by atoms with Crippen LogP contribution in [0.3, 0.4) is 0 Å². The Kier molecular flexibility index (Phi) is 4.97. The first kappa shape index (κ1) is 13.8. The maximum Gasteiger partial charge on any atom is 0.220 e. The standard InChI is InChI=1S/C13H25N3O2/c1-16-8-11(12(9-16)18-2)15-13(17)7-10-3-5-14-6-4-10/h10-12,14H,3-9H2,1-2H3,(H,15,17)/t11-,12-/m0/s1. The molecule has 1 amide bonds. The molecule has 2 rings (SSSR count). The molecule has 2 aliphatic rings. The molecule has 104 valence electrons. The molecule has 2 aliphatic heterocycles. The molecule has 2 N–H and O–H groups in total. The van der Waals surface area contributed by atoms with E-state index in [0.717, 1.165) is 39.0 Å². The van der Waals surface area contributed by atoms with Crippen LogP contribution >= 0.6 is 0 Å². The highest BCUT2D eigenvalue weighted by atomic mass is 16.5. The van der Waals surface area contributed by atoms with Crippen LogP contribution in [0.25, 0.3) is 0 Å². The minimum atomic E-state index is 0.131. The van der Waals surface area contributed by atoms with Crippen LogP contribution in [0.5, 0.6) is 0 Å². The number of nitrogens with zero attached hydrogens (tertiary/aromatic N) is 1. The summed E-state index contributed by atoms with van der Waals surface area (Å²) < 4.78 is 5.42. The zero-order valence-corrected chi connectivity index (χ0v) is 11.4. The van der Waals surface area contributed by atoms with Crippen LogP contribution < -0.4 is 10.6 Å². The number of nitrogens with one attached hydrogen (secondary N) is 2. The number of ether oxygens (including phenoxy) is 1. The highest BCUT2D eigenvalue weighted by Gasteiger charge is 2.32. The summed E-state index contributed by atoms with van der Waals surface area (Å²) in [6.45, 7) is 3.88. The normalized spacial score (nSPS) is 30.6. The number of carbonyl (C=O) groups is 1. The van der Waals surface area contributed by atoms with Crippen LogP contribution in [-0.4, -0.2) is 63.3 Å². The Morgan fingerprint density at radius 2 is 2.11 bits per heavy atom. The quantitative estimate of drug-likeness (QED) is 0.732. The van der Waals surface area contributed by atoms with Gasteiger partial charge in [0.25, 0.3) is 0 Å². The number of hydrogen-bond donors (Lipinski definition) is 2. The van der Waals surface area contributed by atoms with E-state index in [4.69, 9.17) is 4.74 Å². The summed E-state index contributed by atoms with van der Waals surface area (Å²) in [6, 6.07) is 0.147. The van der Waals surface area contributed by atoms with Crippen molar-refractivity contribution in [1.82, 2.24) is 15.5 Å². The number of hydrogen-bond acceptors (Lipinski definition) is 4. The Morgan fingerprint density at radius 3 is 2.78 bits per heavy atom. The number of piperidine rings is 1. The van der Waals surface area contributed by atoms with Gasteiger partial charge in [-0.2, -0.15) is 0 Å². The smallest absolute Gasteiger partial charge is 0.220 e. The lowest BCUT2D eigenvalue weighted by molar-refractivity contribution is -0.123. The van der Waals surface area contributed by atoms with Crippen LogP contribution in [0.2, 0.25) is 0 Å². The van der Waals surface area contributed by atoms with Crippen molar-refractivity contribution in [3.63, 3.8) is 0 Å². The average Bonchev–Trinajstić information content (AvgIpc) is 2.70. The number of likely N-dealkylation sites (N-methyl/N-ethyl adjacent to an activating group) is 1. The predicted molar refractivity (Wildman–Crippen MR) is 70.4 cm³/mol. The molecular weight excluding hydrogens is 230 g/mol. The molecule has 0 aromatic rings. The van der Waals surface area contributed by atoms with Gasteiger partial charge in [-0.1, -0.05) is 0 Å². The summed E-state index contributed by atoms with van der Waals surface area (Å²) in [6.07, 6.45) is 3.03. The zero-order valence-electron chi connectivity index (χ0n) is 11.4. The van der Waals surface area contributed by atoms with Gasteiger partial charge in [0.05, 0.1) is 12.1 Å². The van der Waals surface area contributed by atoms with E-state index in [9.17, 15) is 4.79 Å². The summed E-state index contributed by atoms with van der Waals surface area (Å²) in [5.74, 6) is 0.732. The first-order chi connectivity index (χ1) is 8.69. The predicted octanol–water partition coefficient (Wildman–Crippen LogP) is -0.179. The number of amides is 1. The zero-order chi connectivity index (χ0) is 13.0. The molecule has 0 bridgehead atoms. The highest BCUT2D eigenvalue weighted by Crippen LogP contribution is 2.17. The lowest BCUT2D eigenvalue weighted by Crippen LogP contribution is -2.44. The number of methoxy groups -OCH3 is 1. The van der Waals surface area contributed by atoms with Crippen molar-refractivity contribution >= 4 is 5.91 Å². The molecule has 0 saturated carbocycles. The minimum absolute atomic E-state index is 0.131. The van der Waals surface area contributed by atoms with Crippen molar-refractivity contribution < 1.29 is 9.53 Å². The molecular formula is C13H25N3O2. The second kappa shape index (κ2) is 6.50. The molecule has 0 unspecified atom stereocenters. The van der Waals surface area contributed by atoms with E-state index in [1.54, 1.807) is 7.11 Å². The fourth-order valence-electron chi connectivity index (χ4n) is 2.95. The molecule has 2 atom stereocenters. The van der Waals surface area contributed by atoms with Crippen molar-refractivity contribution in [1.29, 1.82) is 0 Å². The summed E-state index contributed by atoms with van der Waals surface area (Å²) in [5, 5.41) is 6.46. The van der Waals surface area contributed by atoms with Crippen LogP contribution in [0, 0.1) is 5.92 Å². The van der Waals surface area contributed by atoms with E-state index in [0.29, 0.717) is 12.3 Å². The second-order valence-electron chi connectivity index (χ2n) is 5.57. The Morgan fingerprint density at radius 1 is 1.39 bits per heavy atom. The van der Waals surface area contributed by atoms with Crippen molar-refractivity contribution in [2.45, 2.75) is 31.4 Å². The molecule has 2 heterocycles. The topological polar surface area (TPSA) is 53.6 Å². The van der Waals surface area contributed by atoms with Crippen LogP contribution in [-0.2, 0) is 9.53 Å². The minimum Gasteiger partial charge on any atom is -0.378 e. The largest absolute Gasteiger partial charge is 0.378 e. The molecule has 2 saturated heterocycles. The van der Waals surface area contributed by atoms with Gasteiger partial charge in [-0.3, -0.25) is 4.79 Å². The Balaban J connectivity index is 1.76. The lowest BCUT2D eigenvalue weighted by atomic mass is 9.94. The number of rotatable bonds is 4. The van der Waals surface area contributed by atoms with E-state index >= 15 is 0 Å². The molecule has 5 heteroatoms. The van der Waals surface area contributed by atoms with E-state index in [2.05, 4.69) is 22.6 Å². The summed E-state index contributed by atoms with van der Waals surface area (Å²) >= 11 is 0. The van der Waals surface area contributed by atoms with E-state index < -0.39 is 0 Å². The Labute approximate surface area is 109 Å². The van der Waals surface area contributed by atoms with Gasteiger partial charge in [-0.15, -0.1) is 0 Å².